The van der Waals surface area contributed by atoms with Gasteiger partial charge < -0.3 is 19.3 Å². The van der Waals surface area contributed by atoms with Crippen LogP contribution >= 0.6 is 0 Å². The molecule has 3 rings (SSSR count). The normalized spacial score (nSPS) is 12.8. The number of hydrogen-bond donors (Lipinski definition) is 1. The molecule has 1 heterocycles. The van der Waals surface area contributed by atoms with E-state index in [2.05, 4.69) is 25.8 Å². The maximum atomic E-state index is 14.9. The second-order valence-electron chi connectivity index (χ2n) is 10.9. The lowest BCUT2D eigenvalue weighted by atomic mass is 9.81. The lowest BCUT2D eigenvalue weighted by Crippen LogP contribution is -2.21. The van der Waals surface area contributed by atoms with Gasteiger partial charge in [-0.15, -0.1) is 0 Å². The van der Waals surface area contributed by atoms with Crippen LogP contribution in [0.15, 0.2) is 54.7 Å². The fourth-order valence-corrected chi connectivity index (χ4v) is 4.50. The number of methoxy groups -OCH3 is 2. The fourth-order valence-electron chi connectivity index (χ4n) is 4.50. The number of hydrogen-bond acceptors (Lipinski definition) is 5. The molecule has 0 aliphatic heterocycles. The van der Waals surface area contributed by atoms with Crippen molar-refractivity contribution in [2.75, 3.05) is 14.2 Å². The lowest BCUT2D eigenvalue weighted by Gasteiger charge is -2.32. The van der Waals surface area contributed by atoms with E-state index in [0.717, 1.165) is 22.9 Å². The summed E-state index contributed by atoms with van der Waals surface area (Å²) in [5, 5.41) is 9.26. The van der Waals surface area contributed by atoms with Gasteiger partial charge in [0.05, 0.1) is 25.8 Å². The first-order valence-corrected chi connectivity index (χ1v) is 12.2. The van der Waals surface area contributed by atoms with Crippen LogP contribution in [-0.2, 0) is 21.6 Å². The summed E-state index contributed by atoms with van der Waals surface area (Å²) in [7, 11) is 3.15. The van der Waals surface area contributed by atoms with Gasteiger partial charge in [-0.2, -0.15) is 0 Å². The zero-order valence-corrected chi connectivity index (χ0v) is 22.6. The number of ether oxygens (including phenoxy) is 3. The van der Waals surface area contributed by atoms with Crippen LogP contribution in [0.4, 0.5) is 4.39 Å². The molecule has 2 aromatic carbocycles. The summed E-state index contributed by atoms with van der Waals surface area (Å²) in [6.45, 7) is 10.3. The Morgan fingerprint density at radius 3 is 2.38 bits per heavy atom. The summed E-state index contributed by atoms with van der Waals surface area (Å²) in [5.41, 5.74) is 2.89. The third-order valence-corrected chi connectivity index (χ3v) is 6.36. The van der Waals surface area contributed by atoms with Crippen molar-refractivity contribution >= 4 is 5.97 Å². The van der Waals surface area contributed by atoms with E-state index in [-0.39, 0.29) is 24.5 Å². The minimum Gasteiger partial charge on any atom is -0.489 e. The topological polar surface area (TPSA) is 77.9 Å². The van der Waals surface area contributed by atoms with Crippen LogP contribution in [0.25, 0.3) is 11.1 Å². The average Bonchev–Trinajstić information content (AvgIpc) is 2.82. The monoisotopic (exact) mass is 509 g/mol. The molecule has 1 aromatic heterocycles. The predicted molar refractivity (Wildman–Crippen MR) is 141 cm³/mol. The summed E-state index contributed by atoms with van der Waals surface area (Å²) in [6, 6.07) is 14.8. The maximum absolute atomic E-state index is 14.9. The van der Waals surface area contributed by atoms with E-state index in [4.69, 9.17) is 14.2 Å². The highest BCUT2D eigenvalue weighted by Gasteiger charge is 2.30. The molecule has 37 heavy (non-hydrogen) atoms. The molecule has 0 amide bonds. The molecule has 0 aliphatic rings. The Bertz CT molecular complexity index is 1250. The number of aliphatic carboxylic acids is 1. The summed E-state index contributed by atoms with van der Waals surface area (Å²) in [4.78, 5) is 15.2. The average molecular weight is 510 g/mol. The van der Waals surface area contributed by atoms with Crippen LogP contribution in [0.5, 0.6) is 11.6 Å². The van der Waals surface area contributed by atoms with Gasteiger partial charge in [0, 0.05) is 24.2 Å². The Kier molecular flexibility index (Phi) is 8.59. The highest BCUT2D eigenvalue weighted by Crippen LogP contribution is 2.42. The van der Waals surface area contributed by atoms with E-state index in [1.807, 2.05) is 56.3 Å². The smallest absolute Gasteiger partial charge is 0.304 e. The minimum atomic E-state index is -0.848. The van der Waals surface area contributed by atoms with E-state index in [9.17, 15) is 14.3 Å². The van der Waals surface area contributed by atoms with Gasteiger partial charge in [0.25, 0.3) is 0 Å². The highest BCUT2D eigenvalue weighted by atomic mass is 19.1. The maximum Gasteiger partial charge on any atom is 0.304 e. The molecule has 0 fully saturated rings. The molecule has 0 radical (unpaired) electrons. The Hall–Kier alpha value is -3.45. The molecule has 7 heteroatoms. The van der Waals surface area contributed by atoms with Crippen molar-refractivity contribution in [2.24, 2.45) is 5.41 Å². The van der Waals surface area contributed by atoms with Gasteiger partial charge in [-0.25, -0.2) is 9.37 Å². The number of carboxylic acid groups (broad SMARTS) is 1. The van der Waals surface area contributed by atoms with Crippen molar-refractivity contribution in [3.63, 3.8) is 0 Å². The molecular formula is C30H36FNO5. The Balaban J connectivity index is 1.97. The number of benzene rings is 2. The second kappa shape index (κ2) is 11.3. The number of halogens is 1. The van der Waals surface area contributed by atoms with E-state index < -0.39 is 17.2 Å². The van der Waals surface area contributed by atoms with Crippen molar-refractivity contribution in [3.8, 4) is 22.8 Å². The predicted octanol–water partition coefficient (Wildman–Crippen LogP) is 6.96. The first-order chi connectivity index (χ1) is 17.4. The summed E-state index contributed by atoms with van der Waals surface area (Å²) >= 11 is 0. The summed E-state index contributed by atoms with van der Waals surface area (Å²) in [6.07, 6.45) is 0.858. The molecule has 0 spiro atoms. The molecule has 1 N–H and O–H groups in total. The molecule has 198 valence electrons. The van der Waals surface area contributed by atoms with Gasteiger partial charge in [-0.3, -0.25) is 4.79 Å². The van der Waals surface area contributed by atoms with Crippen LogP contribution in [0.2, 0.25) is 0 Å². The van der Waals surface area contributed by atoms with Gasteiger partial charge in [-0.05, 0) is 45.9 Å². The molecule has 3 aromatic rings. The molecular weight excluding hydrogens is 473 g/mol. The number of rotatable bonds is 10. The third-order valence-electron chi connectivity index (χ3n) is 6.36. The van der Waals surface area contributed by atoms with E-state index in [1.54, 1.807) is 13.2 Å². The quantitative estimate of drug-likeness (QED) is 0.318. The van der Waals surface area contributed by atoms with Crippen molar-refractivity contribution in [2.45, 2.75) is 59.2 Å². The standard InChI is InChI=1S/C30H36FNO5/c1-29(2,3)28(36-7)24-13-19(11-12-22(24)23-15-26(35-6)32-17-25(23)31)18-37-21-10-8-9-20(14-21)30(4,5)16-27(33)34/h8-15,17,28H,16,18H2,1-7H3,(H,33,34)/t28-/m0/s1. The van der Waals surface area contributed by atoms with Crippen LogP contribution in [0.1, 0.15) is 63.8 Å². The molecule has 0 aliphatic carbocycles. The minimum absolute atomic E-state index is 0.0167. The number of aromatic nitrogens is 1. The van der Waals surface area contributed by atoms with Crippen molar-refractivity contribution in [1.82, 2.24) is 4.98 Å². The zero-order chi connectivity index (χ0) is 27.4. The number of nitrogens with zero attached hydrogens (tertiary/aromatic N) is 1. The molecule has 1 atom stereocenters. The van der Waals surface area contributed by atoms with Crippen LogP contribution in [0, 0.1) is 11.2 Å². The molecule has 0 unspecified atom stereocenters. The second-order valence-corrected chi connectivity index (χ2v) is 10.9. The van der Waals surface area contributed by atoms with Gasteiger partial charge in [-0.1, -0.05) is 58.9 Å². The Morgan fingerprint density at radius 1 is 1.03 bits per heavy atom. The molecule has 0 saturated heterocycles. The number of carboxylic acids is 1. The zero-order valence-electron chi connectivity index (χ0n) is 22.6. The highest BCUT2D eigenvalue weighted by molar-refractivity contribution is 5.70. The SMILES string of the molecule is COc1cc(-c2ccc(COc3cccc(C(C)(C)CC(=O)O)c3)cc2[C@H](OC)C(C)(C)C)c(F)cn1. The molecule has 0 bridgehead atoms. The van der Waals surface area contributed by atoms with E-state index in [1.165, 1.54) is 7.11 Å². The van der Waals surface area contributed by atoms with Crippen molar-refractivity contribution < 1.29 is 28.5 Å². The van der Waals surface area contributed by atoms with Crippen molar-refractivity contribution in [1.29, 1.82) is 0 Å². The van der Waals surface area contributed by atoms with Crippen LogP contribution < -0.4 is 9.47 Å². The third kappa shape index (κ3) is 6.86. The summed E-state index contributed by atoms with van der Waals surface area (Å²) < 4.78 is 32.1. The number of carbonyl (C=O) groups is 1. The summed E-state index contributed by atoms with van der Waals surface area (Å²) in [5.74, 6) is -0.329. The molecule has 6 nitrogen and oxygen atoms in total. The van der Waals surface area contributed by atoms with Gasteiger partial charge in [0.15, 0.2) is 0 Å². The molecule has 0 saturated carbocycles. The first kappa shape index (κ1) is 28.1. The van der Waals surface area contributed by atoms with E-state index >= 15 is 0 Å². The number of pyridine rings is 1. The Morgan fingerprint density at radius 2 is 1.76 bits per heavy atom. The lowest BCUT2D eigenvalue weighted by molar-refractivity contribution is -0.138. The van der Waals surface area contributed by atoms with Gasteiger partial charge in [0.1, 0.15) is 18.2 Å². The van der Waals surface area contributed by atoms with Crippen LogP contribution in [0.3, 0.4) is 0 Å². The van der Waals surface area contributed by atoms with E-state index in [0.29, 0.717) is 22.8 Å². The van der Waals surface area contributed by atoms with Crippen molar-refractivity contribution in [3.05, 3.63) is 77.2 Å². The largest absolute Gasteiger partial charge is 0.489 e. The van der Waals surface area contributed by atoms with Crippen LogP contribution in [-0.4, -0.2) is 30.3 Å². The van der Waals surface area contributed by atoms with Gasteiger partial charge >= 0.3 is 5.97 Å². The van der Waals surface area contributed by atoms with Gasteiger partial charge in [0.2, 0.25) is 5.88 Å². The Labute approximate surface area is 218 Å². The first-order valence-electron chi connectivity index (χ1n) is 12.2. The fraction of sp³-hybridized carbons (Fsp3) is 0.400.